The Morgan fingerprint density at radius 2 is 2.00 bits per heavy atom. The third kappa shape index (κ3) is 3.08. The highest BCUT2D eigenvalue weighted by molar-refractivity contribution is 7.91. The minimum atomic E-state index is -1.02. The van der Waals surface area contributed by atoms with Crippen molar-refractivity contribution < 1.29 is 9.35 Å². The summed E-state index contributed by atoms with van der Waals surface area (Å²) in [6, 6.07) is 9.72. The summed E-state index contributed by atoms with van der Waals surface area (Å²) in [5.41, 5.74) is 2.76. The molecule has 0 spiro atoms. The highest BCUT2D eigenvalue weighted by Crippen LogP contribution is 2.64. The van der Waals surface area contributed by atoms with E-state index in [1.807, 2.05) is 30.3 Å². The van der Waals surface area contributed by atoms with Crippen molar-refractivity contribution in [1.82, 2.24) is 0 Å². The van der Waals surface area contributed by atoms with Crippen molar-refractivity contribution in [2.24, 2.45) is 28.6 Å². The van der Waals surface area contributed by atoms with Gasteiger partial charge in [0, 0.05) is 17.8 Å². The zero-order valence-corrected chi connectivity index (χ0v) is 18.9. The van der Waals surface area contributed by atoms with Gasteiger partial charge in [-0.2, -0.15) is 0 Å². The molecule has 1 aromatic carbocycles. The summed E-state index contributed by atoms with van der Waals surface area (Å²) in [6.07, 6.45) is 15.3. The average Bonchev–Trinajstić information content (AvgIpc) is 3.07. The third-order valence-electron chi connectivity index (χ3n) is 8.68. The predicted molar refractivity (Wildman–Crippen MR) is 122 cm³/mol. The highest BCUT2D eigenvalue weighted by atomic mass is 32.2. The van der Waals surface area contributed by atoms with Gasteiger partial charge in [0.2, 0.25) is 0 Å². The van der Waals surface area contributed by atoms with Crippen LogP contribution in [0.5, 0.6) is 0 Å². The first-order valence-electron chi connectivity index (χ1n) is 11.5. The van der Waals surface area contributed by atoms with Gasteiger partial charge in [-0.15, -0.1) is 0 Å². The number of hydrogen-bond donors (Lipinski definition) is 0. The largest absolute Gasteiger partial charge is 0.611 e. The fourth-order valence-corrected chi connectivity index (χ4v) is 8.17. The van der Waals surface area contributed by atoms with E-state index in [2.05, 4.69) is 38.2 Å². The number of carbonyl (C=O) groups excluding carboxylic acids is 1. The second-order valence-corrected chi connectivity index (χ2v) is 11.7. The van der Waals surface area contributed by atoms with Gasteiger partial charge in [0.15, 0.2) is 4.90 Å². The van der Waals surface area contributed by atoms with Crippen molar-refractivity contribution in [3.05, 3.63) is 65.8 Å². The molecule has 0 aromatic heterocycles. The van der Waals surface area contributed by atoms with Crippen LogP contribution in [0.2, 0.25) is 0 Å². The number of hydrogen-bond acceptors (Lipinski definition) is 2. The Morgan fingerprint density at radius 1 is 1.20 bits per heavy atom. The first-order valence-corrected chi connectivity index (χ1v) is 12.8. The molecule has 0 aliphatic heterocycles. The molecule has 158 valence electrons. The zero-order chi connectivity index (χ0) is 20.9. The molecule has 0 amide bonds. The van der Waals surface area contributed by atoms with Crippen LogP contribution in [0.25, 0.3) is 0 Å². The number of benzene rings is 1. The first kappa shape index (κ1) is 20.3. The van der Waals surface area contributed by atoms with Crippen molar-refractivity contribution in [2.75, 3.05) is 5.75 Å². The molecule has 2 nitrogen and oxygen atoms in total. The van der Waals surface area contributed by atoms with E-state index >= 15 is 0 Å². The standard InChI is InChI=1S/C27H32O2S/c1-26-16-7-6-8-19(26)11-13-22-23-14-12-20(27(23,2)18-24(28)25(22)26)15-17-30(29)21-9-4-3-5-10-21/h3-6,8-11,15,22-23,25H,7,12-14,16-18H2,1-2H3/t22-,23-,25+,26-,27+,30?/m0/s1. The maximum Gasteiger partial charge on any atom is 0.152 e. The lowest BCUT2D eigenvalue weighted by Gasteiger charge is -2.55. The van der Waals surface area contributed by atoms with Crippen LogP contribution in [0.4, 0.5) is 0 Å². The van der Waals surface area contributed by atoms with Gasteiger partial charge >= 0.3 is 0 Å². The number of carbonyl (C=O) groups is 1. The van der Waals surface area contributed by atoms with Crippen molar-refractivity contribution in [3.8, 4) is 0 Å². The minimum Gasteiger partial charge on any atom is -0.611 e. The summed E-state index contributed by atoms with van der Waals surface area (Å²) in [5.74, 6) is 2.23. The smallest absolute Gasteiger partial charge is 0.152 e. The Kier molecular flexibility index (Phi) is 5.10. The van der Waals surface area contributed by atoms with E-state index in [4.69, 9.17) is 0 Å². The average molecular weight is 421 g/mol. The van der Waals surface area contributed by atoms with Crippen LogP contribution in [-0.2, 0) is 16.0 Å². The Morgan fingerprint density at radius 3 is 2.80 bits per heavy atom. The van der Waals surface area contributed by atoms with Gasteiger partial charge in [-0.1, -0.05) is 55.8 Å². The van der Waals surface area contributed by atoms with Gasteiger partial charge in [0.05, 0.1) is 0 Å². The molecule has 6 atom stereocenters. The van der Waals surface area contributed by atoms with Gasteiger partial charge in [-0.25, -0.2) is 0 Å². The molecule has 2 fully saturated rings. The maximum atomic E-state index is 13.6. The number of ketones is 1. The Hall–Kier alpha value is -1.58. The number of rotatable bonds is 3. The summed E-state index contributed by atoms with van der Waals surface area (Å²) >= 11 is -1.02. The topological polar surface area (TPSA) is 40.1 Å². The van der Waals surface area contributed by atoms with Crippen LogP contribution in [0.15, 0.2) is 70.7 Å². The molecule has 3 heteroatoms. The minimum absolute atomic E-state index is 0.0252. The molecule has 0 heterocycles. The van der Waals surface area contributed by atoms with E-state index in [1.54, 1.807) is 0 Å². The van der Waals surface area contributed by atoms with E-state index in [1.165, 1.54) is 17.6 Å². The zero-order valence-electron chi connectivity index (χ0n) is 18.1. The van der Waals surface area contributed by atoms with Gasteiger partial charge in [-0.05, 0) is 84.3 Å². The number of fused-ring (bicyclic) bond motifs is 5. The SMILES string of the molecule is C[C@]12CCC=CC1=CC[C@@H]1[C@@H]2C(=O)C[C@]2(C)C(=CC[S+]([O-])c3ccccc3)CC[C@@H]12. The lowest BCUT2D eigenvalue weighted by Crippen LogP contribution is -2.52. The quantitative estimate of drug-likeness (QED) is 0.442. The first-order chi connectivity index (χ1) is 14.4. The molecule has 4 aliphatic rings. The second-order valence-electron chi connectivity index (χ2n) is 10.2. The van der Waals surface area contributed by atoms with Gasteiger partial charge < -0.3 is 4.55 Å². The molecule has 4 aliphatic carbocycles. The summed E-state index contributed by atoms with van der Waals surface area (Å²) < 4.78 is 12.7. The van der Waals surface area contributed by atoms with Crippen LogP contribution >= 0.6 is 0 Å². The number of allylic oxidation sites excluding steroid dienone is 5. The van der Waals surface area contributed by atoms with E-state index in [0.29, 0.717) is 29.8 Å². The van der Waals surface area contributed by atoms with Crippen molar-refractivity contribution in [2.45, 2.75) is 57.3 Å². The Balaban J connectivity index is 1.41. The molecular weight excluding hydrogens is 388 g/mol. The Bertz CT molecular complexity index is 929. The molecule has 0 saturated heterocycles. The second kappa shape index (κ2) is 7.53. The van der Waals surface area contributed by atoms with Gasteiger partial charge in [0.25, 0.3) is 0 Å². The van der Waals surface area contributed by atoms with E-state index in [0.717, 1.165) is 30.6 Å². The number of Topliss-reactive ketones (excluding diaryl/α,β-unsaturated/α-hetero) is 1. The summed E-state index contributed by atoms with van der Waals surface area (Å²) in [5, 5.41) is 0. The maximum absolute atomic E-state index is 13.6. The fraction of sp³-hybridized carbons (Fsp3) is 0.519. The normalized spacial score (nSPS) is 39.8. The van der Waals surface area contributed by atoms with Crippen molar-refractivity contribution in [3.63, 3.8) is 0 Å². The summed E-state index contributed by atoms with van der Waals surface area (Å²) in [6.45, 7) is 4.66. The summed E-state index contributed by atoms with van der Waals surface area (Å²) in [4.78, 5) is 14.5. The molecule has 2 saturated carbocycles. The van der Waals surface area contributed by atoms with E-state index < -0.39 is 11.2 Å². The van der Waals surface area contributed by atoms with Crippen LogP contribution < -0.4 is 0 Å². The van der Waals surface area contributed by atoms with Crippen LogP contribution in [-0.4, -0.2) is 16.1 Å². The molecule has 0 N–H and O–H groups in total. The molecule has 1 unspecified atom stereocenters. The van der Waals surface area contributed by atoms with Crippen molar-refractivity contribution in [1.29, 1.82) is 0 Å². The van der Waals surface area contributed by atoms with Crippen LogP contribution in [0.3, 0.4) is 0 Å². The lowest BCUT2D eigenvalue weighted by atomic mass is 9.48. The van der Waals surface area contributed by atoms with Crippen LogP contribution in [0.1, 0.15) is 52.4 Å². The fourth-order valence-electron chi connectivity index (χ4n) is 7.16. The van der Waals surface area contributed by atoms with E-state index in [-0.39, 0.29) is 16.7 Å². The van der Waals surface area contributed by atoms with Gasteiger partial charge in [0.1, 0.15) is 11.5 Å². The highest BCUT2D eigenvalue weighted by Gasteiger charge is 2.59. The molecular formula is C27H32O2S. The molecule has 5 rings (SSSR count). The third-order valence-corrected chi connectivity index (χ3v) is 9.95. The molecule has 30 heavy (non-hydrogen) atoms. The van der Waals surface area contributed by atoms with Crippen LogP contribution in [0, 0.1) is 28.6 Å². The summed E-state index contributed by atoms with van der Waals surface area (Å²) in [7, 11) is 0. The lowest BCUT2D eigenvalue weighted by molar-refractivity contribution is -0.139. The predicted octanol–water partition coefficient (Wildman–Crippen LogP) is 6.03. The molecule has 0 radical (unpaired) electrons. The molecule has 1 aromatic rings. The Labute approximate surface area is 183 Å². The van der Waals surface area contributed by atoms with Crippen molar-refractivity contribution >= 4 is 17.0 Å². The molecule has 0 bridgehead atoms. The van der Waals surface area contributed by atoms with Gasteiger partial charge in [-0.3, -0.25) is 4.79 Å². The van der Waals surface area contributed by atoms with E-state index in [9.17, 15) is 9.35 Å². The monoisotopic (exact) mass is 420 g/mol.